The summed E-state index contributed by atoms with van der Waals surface area (Å²) in [6.45, 7) is 0. The fraction of sp³-hybridized carbons (Fsp3) is 0.0476. The van der Waals surface area contributed by atoms with Gasteiger partial charge in [-0.25, -0.2) is 4.98 Å². The molecule has 2 aromatic heterocycles. The van der Waals surface area contributed by atoms with Crippen LogP contribution in [0.4, 0.5) is 0 Å². The molecule has 0 atom stereocenters. The molecule has 0 aliphatic carbocycles. The Bertz CT molecular complexity index is 1320. The van der Waals surface area contributed by atoms with E-state index >= 15 is 0 Å². The Morgan fingerprint density at radius 2 is 1.77 bits per heavy atom. The molecular weight excluding hydrogens is 456 g/mol. The number of nitrogens with zero attached hydrogens (tertiary/aromatic N) is 2. The SMILES string of the molecule is O=C(CSc1nc2sccc2c(=O)n1-c1ccccc1)NNC(=O)c1ccccc1Cl. The molecule has 0 unspecified atom stereocenters. The number of hydrogen-bond donors (Lipinski definition) is 2. The molecule has 10 heteroatoms. The lowest BCUT2D eigenvalue weighted by Gasteiger charge is -2.12. The van der Waals surface area contributed by atoms with Crippen molar-refractivity contribution >= 4 is 56.7 Å². The summed E-state index contributed by atoms with van der Waals surface area (Å²) in [4.78, 5) is 42.6. The van der Waals surface area contributed by atoms with Crippen LogP contribution in [0.3, 0.4) is 0 Å². The third kappa shape index (κ3) is 4.63. The van der Waals surface area contributed by atoms with E-state index in [1.54, 1.807) is 47.8 Å². The molecule has 0 aliphatic rings. The molecule has 2 aromatic carbocycles. The van der Waals surface area contributed by atoms with Crippen molar-refractivity contribution in [3.63, 3.8) is 0 Å². The topological polar surface area (TPSA) is 93.1 Å². The van der Waals surface area contributed by atoms with Crippen LogP contribution in [0.5, 0.6) is 0 Å². The van der Waals surface area contributed by atoms with E-state index in [0.717, 1.165) is 11.8 Å². The number of halogens is 1. The second-order valence-electron chi connectivity index (χ2n) is 6.28. The van der Waals surface area contributed by atoms with Gasteiger partial charge in [-0.2, -0.15) is 0 Å². The number of hydrazine groups is 1. The number of hydrogen-bond acceptors (Lipinski definition) is 6. The molecule has 2 amide bonds. The first kappa shape index (κ1) is 21.1. The summed E-state index contributed by atoms with van der Waals surface area (Å²) in [5.74, 6) is -1.03. The minimum atomic E-state index is -0.525. The van der Waals surface area contributed by atoms with Crippen molar-refractivity contribution in [3.8, 4) is 5.69 Å². The number of nitrogens with one attached hydrogen (secondary N) is 2. The van der Waals surface area contributed by atoms with Crippen LogP contribution in [0.2, 0.25) is 5.02 Å². The normalized spacial score (nSPS) is 10.7. The fourth-order valence-corrected chi connectivity index (χ4v) is 4.64. The highest BCUT2D eigenvalue weighted by Crippen LogP contribution is 2.23. The van der Waals surface area contributed by atoms with Crippen molar-refractivity contribution < 1.29 is 9.59 Å². The van der Waals surface area contributed by atoms with Crippen LogP contribution in [-0.4, -0.2) is 27.1 Å². The molecule has 2 N–H and O–H groups in total. The van der Waals surface area contributed by atoms with Crippen LogP contribution >= 0.6 is 34.7 Å². The molecule has 156 valence electrons. The standard InChI is InChI=1S/C21H15ClN4O3S2/c22-16-9-5-4-8-14(16)18(28)25-24-17(27)12-31-21-23-19-15(10-11-30-19)20(29)26(21)13-6-2-1-3-7-13/h1-11H,12H2,(H,24,27)(H,25,28). The Labute approximate surface area is 190 Å². The summed E-state index contributed by atoms with van der Waals surface area (Å²) in [7, 11) is 0. The number of thioether (sulfide) groups is 1. The number of carbonyl (C=O) groups is 2. The first-order chi connectivity index (χ1) is 15.0. The number of para-hydroxylation sites is 1. The quantitative estimate of drug-likeness (QED) is 0.264. The lowest BCUT2D eigenvalue weighted by molar-refractivity contribution is -0.119. The molecule has 0 spiro atoms. The van der Waals surface area contributed by atoms with Gasteiger partial charge in [-0.15, -0.1) is 11.3 Å². The second-order valence-corrected chi connectivity index (χ2v) is 8.53. The maximum atomic E-state index is 13.0. The molecule has 0 bridgehead atoms. The van der Waals surface area contributed by atoms with Crippen LogP contribution in [-0.2, 0) is 4.79 Å². The maximum absolute atomic E-state index is 13.0. The minimum absolute atomic E-state index is 0.0566. The molecule has 31 heavy (non-hydrogen) atoms. The summed E-state index contributed by atoms with van der Waals surface area (Å²) in [5, 5.41) is 3.00. The van der Waals surface area contributed by atoms with Gasteiger partial charge in [0.2, 0.25) is 5.91 Å². The van der Waals surface area contributed by atoms with Crippen LogP contribution in [0.15, 0.2) is 76.0 Å². The number of amides is 2. The molecule has 0 saturated carbocycles. The van der Waals surface area contributed by atoms with Crippen molar-refractivity contribution in [1.29, 1.82) is 0 Å². The summed E-state index contributed by atoms with van der Waals surface area (Å²) in [6.07, 6.45) is 0. The molecule has 0 fully saturated rings. The smallest absolute Gasteiger partial charge is 0.271 e. The highest BCUT2D eigenvalue weighted by atomic mass is 35.5. The summed E-state index contributed by atoms with van der Waals surface area (Å²) < 4.78 is 1.48. The van der Waals surface area contributed by atoms with Crippen LogP contribution in [0.1, 0.15) is 10.4 Å². The van der Waals surface area contributed by atoms with Crippen molar-refractivity contribution in [3.05, 3.63) is 87.0 Å². The van der Waals surface area contributed by atoms with Crippen LogP contribution in [0.25, 0.3) is 15.9 Å². The zero-order valence-corrected chi connectivity index (χ0v) is 18.3. The van der Waals surface area contributed by atoms with E-state index in [4.69, 9.17) is 11.6 Å². The lowest BCUT2D eigenvalue weighted by Crippen LogP contribution is -2.42. The Morgan fingerprint density at radius 1 is 1.03 bits per heavy atom. The average Bonchev–Trinajstić information content (AvgIpc) is 3.26. The van der Waals surface area contributed by atoms with E-state index in [-0.39, 0.29) is 21.9 Å². The number of benzene rings is 2. The summed E-state index contributed by atoms with van der Waals surface area (Å²) >= 11 is 8.45. The van der Waals surface area contributed by atoms with Gasteiger partial charge < -0.3 is 0 Å². The Morgan fingerprint density at radius 3 is 2.55 bits per heavy atom. The molecule has 0 radical (unpaired) electrons. The summed E-state index contributed by atoms with van der Waals surface area (Å²) in [6, 6.07) is 17.4. The van der Waals surface area contributed by atoms with Gasteiger partial charge in [-0.1, -0.05) is 53.7 Å². The molecule has 4 rings (SSSR count). The van der Waals surface area contributed by atoms with E-state index < -0.39 is 11.8 Å². The third-order valence-corrected chi connectivity index (χ3v) is 6.32. The highest BCUT2D eigenvalue weighted by molar-refractivity contribution is 7.99. The Kier molecular flexibility index (Phi) is 6.36. The number of carbonyl (C=O) groups excluding carboxylic acids is 2. The lowest BCUT2D eigenvalue weighted by atomic mass is 10.2. The van der Waals surface area contributed by atoms with E-state index in [9.17, 15) is 14.4 Å². The van der Waals surface area contributed by atoms with Gasteiger partial charge in [-0.3, -0.25) is 29.8 Å². The monoisotopic (exact) mass is 470 g/mol. The zero-order valence-electron chi connectivity index (χ0n) is 15.9. The molecule has 7 nitrogen and oxygen atoms in total. The second kappa shape index (κ2) is 9.34. The van der Waals surface area contributed by atoms with Gasteiger partial charge in [0.1, 0.15) is 4.83 Å². The van der Waals surface area contributed by atoms with E-state index in [0.29, 0.717) is 21.1 Å². The minimum Gasteiger partial charge on any atom is -0.272 e. The number of aromatic nitrogens is 2. The zero-order chi connectivity index (χ0) is 21.8. The number of rotatable bonds is 5. The molecule has 0 aliphatic heterocycles. The average molecular weight is 471 g/mol. The summed E-state index contributed by atoms with van der Waals surface area (Å²) in [5.41, 5.74) is 5.39. The molecule has 4 aromatic rings. The van der Waals surface area contributed by atoms with Gasteiger partial charge in [0.25, 0.3) is 11.5 Å². The first-order valence-corrected chi connectivity index (χ1v) is 11.3. The maximum Gasteiger partial charge on any atom is 0.271 e. The van der Waals surface area contributed by atoms with Gasteiger partial charge in [-0.05, 0) is 35.7 Å². The van der Waals surface area contributed by atoms with Gasteiger partial charge in [0.05, 0.1) is 27.4 Å². The number of fused-ring (bicyclic) bond motifs is 1. The third-order valence-electron chi connectivity index (χ3n) is 4.25. The molecule has 0 saturated heterocycles. The van der Waals surface area contributed by atoms with Crippen molar-refractivity contribution in [2.45, 2.75) is 5.16 Å². The first-order valence-electron chi connectivity index (χ1n) is 9.07. The highest BCUT2D eigenvalue weighted by Gasteiger charge is 2.16. The number of thiophene rings is 1. The van der Waals surface area contributed by atoms with Gasteiger partial charge in [0.15, 0.2) is 5.16 Å². The van der Waals surface area contributed by atoms with Crippen LogP contribution < -0.4 is 16.4 Å². The Balaban J connectivity index is 1.50. The van der Waals surface area contributed by atoms with E-state index in [1.165, 1.54) is 15.9 Å². The van der Waals surface area contributed by atoms with E-state index in [2.05, 4.69) is 15.8 Å². The van der Waals surface area contributed by atoms with E-state index in [1.807, 2.05) is 18.2 Å². The Hall–Kier alpha value is -3.14. The molecule has 2 heterocycles. The fourth-order valence-electron chi connectivity index (χ4n) is 2.80. The van der Waals surface area contributed by atoms with Crippen molar-refractivity contribution in [1.82, 2.24) is 20.4 Å². The van der Waals surface area contributed by atoms with Crippen LogP contribution in [0, 0.1) is 0 Å². The molecular formula is C21H15ClN4O3S2. The largest absolute Gasteiger partial charge is 0.272 e. The van der Waals surface area contributed by atoms with Gasteiger partial charge >= 0.3 is 0 Å². The van der Waals surface area contributed by atoms with Gasteiger partial charge in [0, 0.05) is 0 Å². The predicted molar refractivity (Wildman–Crippen MR) is 123 cm³/mol. The predicted octanol–water partition coefficient (Wildman–Crippen LogP) is 3.65. The van der Waals surface area contributed by atoms with Crippen molar-refractivity contribution in [2.75, 3.05) is 5.75 Å². The van der Waals surface area contributed by atoms with Crippen molar-refractivity contribution in [2.24, 2.45) is 0 Å².